The van der Waals surface area contributed by atoms with Crippen LogP contribution in [0.1, 0.15) is 42.8 Å². The zero-order valence-electron chi connectivity index (χ0n) is 16.9. The Hall–Kier alpha value is -2.60. The minimum atomic E-state index is 0.0122. The van der Waals surface area contributed by atoms with Crippen molar-refractivity contribution >= 4 is 34.1 Å². The number of carbonyl (C=O) groups is 2. The molecule has 0 unspecified atom stereocenters. The number of hydrogen-bond donors (Lipinski definition) is 1. The molecule has 1 aromatic carbocycles. The molecule has 6 heteroatoms. The van der Waals surface area contributed by atoms with Crippen molar-refractivity contribution in [3.8, 4) is 5.00 Å². The number of benzene rings is 1. The molecule has 0 radical (unpaired) electrons. The van der Waals surface area contributed by atoms with Gasteiger partial charge in [0.25, 0.3) is 5.91 Å². The van der Waals surface area contributed by atoms with E-state index in [0.717, 1.165) is 34.7 Å². The SMILES string of the molecule is CC[C@@H](C)NC(=O)C1CCN(C(=O)c2ccc(-n3ccc4ccccc43)s2)CC1. The predicted molar refractivity (Wildman–Crippen MR) is 118 cm³/mol. The van der Waals surface area contributed by atoms with E-state index in [1.54, 1.807) is 0 Å². The van der Waals surface area contributed by atoms with Crippen LogP contribution in [0.5, 0.6) is 0 Å². The van der Waals surface area contributed by atoms with Gasteiger partial charge in [0, 0.05) is 31.2 Å². The van der Waals surface area contributed by atoms with E-state index in [-0.39, 0.29) is 23.8 Å². The molecule has 0 aliphatic carbocycles. The summed E-state index contributed by atoms with van der Waals surface area (Å²) in [5, 5.41) is 5.29. The van der Waals surface area contributed by atoms with E-state index in [9.17, 15) is 9.59 Å². The highest BCUT2D eigenvalue weighted by atomic mass is 32.1. The minimum absolute atomic E-state index is 0.0122. The summed E-state index contributed by atoms with van der Waals surface area (Å²) in [5.74, 6) is 0.209. The van der Waals surface area contributed by atoms with E-state index in [1.807, 2.05) is 42.3 Å². The van der Waals surface area contributed by atoms with Gasteiger partial charge in [-0.15, -0.1) is 11.3 Å². The van der Waals surface area contributed by atoms with Crippen LogP contribution < -0.4 is 5.32 Å². The molecule has 1 fully saturated rings. The lowest BCUT2D eigenvalue weighted by Gasteiger charge is -2.31. The van der Waals surface area contributed by atoms with Crippen molar-refractivity contribution in [3.05, 3.63) is 53.5 Å². The number of fused-ring (bicyclic) bond motifs is 1. The highest BCUT2D eigenvalue weighted by Gasteiger charge is 2.28. The summed E-state index contributed by atoms with van der Waals surface area (Å²) >= 11 is 1.52. The molecular formula is C23H27N3O2S. The van der Waals surface area contributed by atoms with Crippen LogP contribution in [0.3, 0.4) is 0 Å². The number of piperidine rings is 1. The molecule has 1 saturated heterocycles. The van der Waals surface area contributed by atoms with Crippen molar-refractivity contribution in [1.82, 2.24) is 14.8 Å². The number of amides is 2. The molecule has 1 aliphatic rings. The Kier molecular flexibility index (Phi) is 5.72. The quantitative estimate of drug-likeness (QED) is 0.676. The van der Waals surface area contributed by atoms with Crippen molar-refractivity contribution in [3.63, 3.8) is 0 Å². The van der Waals surface area contributed by atoms with E-state index >= 15 is 0 Å². The summed E-state index contributed by atoms with van der Waals surface area (Å²) in [4.78, 5) is 27.9. The van der Waals surface area contributed by atoms with Gasteiger partial charge in [0.1, 0.15) is 5.00 Å². The Morgan fingerprint density at radius 1 is 1.14 bits per heavy atom. The summed E-state index contributed by atoms with van der Waals surface area (Å²) in [7, 11) is 0. The molecule has 2 amide bonds. The fourth-order valence-corrected chi connectivity index (χ4v) is 4.78. The van der Waals surface area contributed by atoms with Crippen molar-refractivity contribution in [1.29, 1.82) is 0 Å². The number of rotatable bonds is 5. The van der Waals surface area contributed by atoms with E-state index < -0.39 is 0 Å². The fraction of sp³-hybridized carbons (Fsp3) is 0.391. The maximum Gasteiger partial charge on any atom is 0.263 e. The van der Waals surface area contributed by atoms with Gasteiger partial charge in [0.2, 0.25) is 5.91 Å². The predicted octanol–water partition coefficient (Wildman–Crippen LogP) is 4.46. The third-order valence-electron chi connectivity index (χ3n) is 5.79. The molecule has 0 bridgehead atoms. The zero-order chi connectivity index (χ0) is 20.4. The highest BCUT2D eigenvalue weighted by molar-refractivity contribution is 7.16. The maximum atomic E-state index is 13.0. The topological polar surface area (TPSA) is 54.3 Å². The van der Waals surface area contributed by atoms with Crippen LogP contribution in [0.15, 0.2) is 48.7 Å². The van der Waals surface area contributed by atoms with Crippen LogP contribution in [-0.4, -0.2) is 40.4 Å². The number of para-hydroxylation sites is 1. The molecule has 0 saturated carbocycles. The first-order valence-electron chi connectivity index (χ1n) is 10.3. The Morgan fingerprint density at radius 2 is 1.90 bits per heavy atom. The second-order valence-electron chi connectivity index (χ2n) is 7.77. The number of hydrogen-bond acceptors (Lipinski definition) is 3. The second kappa shape index (κ2) is 8.41. The van der Waals surface area contributed by atoms with Crippen molar-refractivity contribution in [2.75, 3.05) is 13.1 Å². The first-order chi connectivity index (χ1) is 14.1. The molecule has 3 aromatic rings. The molecule has 3 heterocycles. The summed E-state index contributed by atoms with van der Waals surface area (Å²) in [6.45, 7) is 5.37. The van der Waals surface area contributed by atoms with Gasteiger partial charge in [-0.25, -0.2) is 0 Å². The number of aromatic nitrogens is 1. The van der Waals surface area contributed by atoms with Crippen LogP contribution in [0.25, 0.3) is 15.9 Å². The lowest BCUT2D eigenvalue weighted by Crippen LogP contribution is -2.44. The van der Waals surface area contributed by atoms with Gasteiger partial charge < -0.3 is 14.8 Å². The van der Waals surface area contributed by atoms with Crippen molar-refractivity contribution in [2.45, 2.75) is 39.2 Å². The van der Waals surface area contributed by atoms with Gasteiger partial charge in [0.15, 0.2) is 0 Å². The molecule has 2 aromatic heterocycles. The molecule has 29 heavy (non-hydrogen) atoms. The van der Waals surface area contributed by atoms with Crippen LogP contribution in [0.2, 0.25) is 0 Å². The highest BCUT2D eigenvalue weighted by Crippen LogP contribution is 2.28. The Bertz CT molecular complexity index is 1010. The molecule has 4 rings (SSSR count). The van der Waals surface area contributed by atoms with E-state index in [0.29, 0.717) is 13.1 Å². The molecular weight excluding hydrogens is 382 g/mol. The minimum Gasteiger partial charge on any atom is -0.353 e. The number of carbonyl (C=O) groups excluding carboxylic acids is 2. The molecule has 1 atom stereocenters. The lowest BCUT2D eigenvalue weighted by molar-refractivity contribution is -0.126. The maximum absolute atomic E-state index is 13.0. The number of nitrogens with one attached hydrogen (secondary N) is 1. The normalized spacial score (nSPS) is 16.1. The van der Waals surface area contributed by atoms with Gasteiger partial charge in [-0.3, -0.25) is 9.59 Å². The third kappa shape index (κ3) is 4.08. The van der Waals surface area contributed by atoms with Gasteiger partial charge in [-0.1, -0.05) is 25.1 Å². The first kappa shape index (κ1) is 19.7. The summed E-state index contributed by atoms with van der Waals surface area (Å²) in [6.07, 6.45) is 4.44. The van der Waals surface area contributed by atoms with Crippen LogP contribution in [0, 0.1) is 5.92 Å². The van der Waals surface area contributed by atoms with Crippen LogP contribution >= 0.6 is 11.3 Å². The molecule has 1 aliphatic heterocycles. The summed E-state index contributed by atoms with van der Waals surface area (Å²) < 4.78 is 2.13. The Labute approximate surface area is 175 Å². The van der Waals surface area contributed by atoms with Crippen LogP contribution in [0.4, 0.5) is 0 Å². The van der Waals surface area contributed by atoms with E-state index in [4.69, 9.17) is 0 Å². The molecule has 152 valence electrons. The largest absolute Gasteiger partial charge is 0.353 e. The van der Waals surface area contributed by atoms with Gasteiger partial charge in [-0.2, -0.15) is 0 Å². The third-order valence-corrected chi connectivity index (χ3v) is 6.87. The van der Waals surface area contributed by atoms with Crippen molar-refractivity contribution in [2.24, 2.45) is 5.92 Å². The van der Waals surface area contributed by atoms with E-state index in [2.05, 4.69) is 35.0 Å². The van der Waals surface area contributed by atoms with Crippen LogP contribution in [-0.2, 0) is 4.79 Å². The standard InChI is InChI=1S/C23H27N3O2S/c1-3-16(2)24-22(27)18-10-13-25(14-11-18)23(28)20-8-9-21(29-20)26-15-12-17-6-4-5-7-19(17)26/h4-9,12,15-16,18H,3,10-11,13-14H2,1-2H3,(H,24,27)/t16-/m1/s1. The number of likely N-dealkylation sites (tertiary alicyclic amines) is 1. The number of nitrogens with zero attached hydrogens (tertiary/aromatic N) is 2. The average molecular weight is 410 g/mol. The van der Waals surface area contributed by atoms with Gasteiger partial charge in [-0.05, 0) is 55.8 Å². The second-order valence-corrected chi connectivity index (χ2v) is 8.83. The molecule has 0 spiro atoms. The van der Waals surface area contributed by atoms with E-state index in [1.165, 1.54) is 16.7 Å². The Balaban J connectivity index is 1.41. The lowest BCUT2D eigenvalue weighted by atomic mass is 9.95. The zero-order valence-corrected chi connectivity index (χ0v) is 17.7. The fourth-order valence-electron chi connectivity index (χ4n) is 3.81. The molecule has 5 nitrogen and oxygen atoms in total. The van der Waals surface area contributed by atoms with Gasteiger partial charge >= 0.3 is 0 Å². The smallest absolute Gasteiger partial charge is 0.263 e. The Morgan fingerprint density at radius 3 is 2.66 bits per heavy atom. The van der Waals surface area contributed by atoms with Crippen molar-refractivity contribution < 1.29 is 9.59 Å². The first-order valence-corrected chi connectivity index (χ1v) is 11.1. The molecule has 1 N–H and O–H groups in total. The number of thiophene rings is 1. The van der Waals surface area contributed by atoms with Gasteiger partial charge in [0.05, 0.1) is 10.4 Å². The summed E-state index contributed by atoms with van der Waals surface area (Å²) in [5.41, 5.74) is 1.14. The average Bonchev–Trinajstić information content (AvgIpc) is 3.40. The monoisotopic (exact) mass is 409 g/mol. The summed E-state index contributed by atoms with van der Waals surface area (Å²) in [6, 6.07) is 14.5.